The number of carbonyl (C=O) groups excluding carboxylic acids is 2. The van der Waals surface area contributed by atoms with Crippen LogP contribution in [0.15, 0.2) is 18.2 Å². The van der Waals surface area contributed by atoms with Gasteiger partial charge in [-0.05, 0) is 99.5 Å². The van der Waals surface area contributed by atoms with Crippen LogP contribution in [0.25, 0.3) is 32.1 Å². The Morgan fingerprint density at radius 1 is 1.02 bits per heavy atom. The van der Waals surface area contributed by atoms with Crippen molar-refractivity contribution in [2.24, 2.45) is 0 Å². The number of aromatic nitrogens is 2. The number of alkyl halides is 3. The molecule has 0 radical (unpaired) electrons. The summed E-state index contributed by atoms with van der Waals surface area (Å²) in [7, 11) is 1.93. The second kappa shape index (κ2) is 15.6. The molecule has 0 aliphatic carbocycles. The molecule has 58 heavy (non-hydrogen) atoms. The zero-order valence-corrected chi connectivity index (χ0v) is 34.5. The molecule has 0 unspecified atom stereocenters. The van der Waals surface area contributed by atoms with Crippen LogP contribution in [0.1, 0.15) is 79.4 Å². The molecule has 2 amide bonds. The molecule has 18 heteroatoms. The van der Waals surface area contributed by atoms with Crippen LogP contribution < -0.4 is 15.0 Å². The summed E-state index contributed by atoms with van der Waals surface area (Å²) in [5.74, 6) is -2.35. The fourth-order valence-electron chi connectivity index (χ4n) is 7.29. The Bertz CT molecular complexity index is 2300. The van der Waals surface area contributed by atoms with Crippen molar-refractivity contribution in [2.45, 2.75) is 104 Å². The van der Waals surface area contributed by atoms with E-state index in [9.17, 15) is 14.9 Å². The molecule has 2 aliphatic heterocycles. The number of nitrogens with one attached hydrogen (secondary N) is 1. The summed E-state index contributed by atoms with van der Waals surface area (Å²) in [4.78, 5) is 40.1. The smallest absolute Gasteiger partial charge is 0.417 e. The number of piperazine rings is 1. The van der Waals surface area contributed by atoms with Gasteiger partial charge in [-0.2, -0.15) is 28.4 Å². The van der Waals surface area contributed by atoms with Crippen LogP contribution >= 0.6 is 11.3 Å². The molecule has 2 aliphatic rings. The number of amides is 2. The Balaban J connectivity index is 1.56. The molecule has 4 heterocycles. The predicted molar refractivity (Wildman–Crippen MR) is 210 cm³/mol. The van der Waals surface area contributed by atoms with E-state index in [1.54, 1.807) is 60.3 Å². The largest absolute Gasteiger partial charge is 0.462 e. The van der Waals surface area contributed by atoms with Crippen LogP contribution in [-0.4, -0.2) is 94.6 Å². The summed E-state index contributed by atoms with van der Waals surface area (Å²) in [5.41, 5.74) is -5.46. The van der Waals surface area contributed by atoms with Crippen LogP contribution in [0.4, 0.5) is 42.4 Å². The van der Waals surface area contributed by atoms with Gasteiger partial charge in [-0.15, -0.1) is 11.3 Å². The van der Waals surface area contributed by atoms with E-state index in [-0.39, 0.29) is 63.6 Å². The summed E-state index contributed by atoms with van der Waals surface area (Å²) in [6.07, 6.45) is -4.98. The third kappa shape index (κ3) is 8.70. The maximum Gasteiger partial charge on any atom is 0.417 e. The monoisotopic (exact) mass is 831 g/mol. The number of nitrogens with zero attached hydrogens (tertiary/aromatic N) is 6. The van der Waals surface area contributed by atoms with Crippen molar-refractivity contribution in [1.82, 2.24) is 19.8 Å². The Morgan fingerprint density at radius 3 is 2.31 bits per heavy atom. The van der Waals surface area contributed by atoms with Gasteiger partial charge < -0.3 is 28.9 Å². The van der Waals surface area contributed by atoms with Gasteiger partial charge in [0.1, 0.15) is 46.0 Å². The molecule has 0 spiro atoms. The lowest BCUT2D eigenvalue weighted by Crippen LogP contribution is -2.59. The summed E-state index contributed by atoms with van der Waals surface area (Å²) in [6.45, 7) is 14.7. The average molecular weight is 832 g/mol. The Morgan fingerprint density at radius 2 is 1.71 bits per heavy atom. The molecule has 6 rings (SSSR count). The highest BCUT2D eigenvalue weighted by Gasteiger charge is 2.41. The van der Waals surface area contributed by atoms with Gasteiger partial charge in [0.25, 0.3) is 0 Å². The highest BCUT2D eigenvalue weighted by atomic mass is 32.1. The highest BCUT2D eigenvalue weighted by Crippen LogP contribution is 2.49. The van der Waals surface area contributed by atoms with Crippen molar-refractivity contribution in [2.75, 3.05) is 43.5 Å². The van der Waals surface area contributed by atoms with Crippen molar-refractivity contribution in [1.29, 1.82) is 5.26 Å². The minimum absolute atomic E-state index is 0.00828. The molecule has 1 N–H and O–H groups in total. The van der Waals surface area contributed by atoms with E-state index < -0.39 is 75.5 Å². The van der Waals surface area contributed by atoms with Crippen molar-refractivity contribution >= 4 is 55.3 Å². The maximum absolute atomic E-state index is 17.4. The predicted octanol–water partition coefficient (Wildman–Crippen LogP) is 9.33. The molecule has 0 saturated carbocycles. The fraction of sp³-hybridized carbons (Fsp3) is 0.525. The van der Waals surface area contributed by atoms with Crippen molar-refractivity contribution in [3.63, 3.8) is 0 Å². The summed E-state index contributed by atoms with van der Waals surface area (Å²) >= 11 is 0.603. The van der Waals surface area contributed by atoms with Gasteiger partial charge in [-0.1, -0.05) is 6.07 Å². The van der Waals surface area contributed by atoms with Gasteiger partial charge in [0, 0.05) is 47.6 Å². The molecule has 2 fully saturated rings. The van der Waals surface area contributed by atoms with E-state index in [1.807, 2.05) is 13.1 Å². The summed E-state index contributed by atoms with van der Waals surface area (Å²) in [5, 5.41) is 11.9. The Hall–Kier alpha value is -5.02. The molecule has 2 aromatic carbocycles. The van der Waals surface area contributed by atoms with E-state index in [0.717, 1.165) is 37.6 Å². The number of benzene rings is 2. The minimum atomic E-state index is -5.18. The summed E-state index contributed by atoms with van der Waals surface area (Å²) in [6, 6.07) is 3.13. The number of anilines is 2. The molecule has 2 saturated heterocycles. The average Bonchev–Trinajstić information content (AvgIpc) is 3.69. The van der Waals surface area contributed by atoms with Gasteiger partial charge in [0.05, 0.1) is 15.8 Å². The van der Waals surface area contributed by atoms with E-state index >= 15 is 22.0 Å². The van der Waals surface area contributed by atoms with Crippen molar-refractivity contribution in [3.05, 3.63) is 41.0 Å². The molecule has 312 valence electrons. The van der Waals surface area contributed by atoms with E-state index in [0.29, 0.717) is 11.3 Å². The van der Waals surface area contributed by atoms with E-state index in [1.165, 1.54) is 4.90 Å². The normalized spacial score (nSPS) is 19.4. The number of hydrogen-bond acceptors (Lipinski definition) is 11. The number of carbonyl (C=O) groups is 2. The van der Waals surface area contributed by atoms with Gasteiger partial charge in [0.2, 0.25) is 0 Å². The lowest BCUT2D eigenvalue weighted by atomic mass is 9.92. The van der Waals surface area contributed by atoms with Crippen LogP contribution in [0.5, 0.6) is 6.01 Å². The number of likely N-dealkylation sites (N-methyl/N-ethyl adjacent to an activating group) is 1. The second-order valence-electron chi connectivity index (χ2n) is 16.8. The number of fused-ring (bicyclic) bond motifs is 2. The molecule has 4 aromatic rings. The molecule has 3 atom stereocenters. The van der Waals surface area contributed by atoms with E-state index in [2.05, 4.69) is 20.2 Å². The standard InChI is InChI=1S/C40H46F5N7O5S/c1-20-18-52(37(54)57-39(6,7)8)21(2)17-51(20)33-24-15-26(40(43,44)45)29(30(42)31(24)47-35(48-33)55-19-22-11-10-14-50(22)9)23-12-13-27(41)32-28(23)25(16-46)34(58-32)49-36(53)56-38(3,4)5/h12-13,15,20-22H,10-11,14,17-19H2,1-9H3,(H,49,53)/t20-,21+,22-/m0/s1. The summed E-state index contributed by atoms with van der Waals surface area (Å²) < 4.78 is 95.5. The quantitative estimate of drug-likeness (QED) is 0.188. The minimum Gasteiger partial charge on any atom is -0.462 e. The van der Waals surface area contributed by atoms with Gasteiger partial charge >= 0.3 is 24.4 Å². The number of hydrogen-bond donors (Lipinski definition) is 1. The third-order valence-electron chi connectivity index (χ3n) is 9.94. The Kier molecular flexibility index (Phi) is 11.5. The maximum atomic E-state index is 17.4. The van der Waals surface area contributed by atoms with Crippen LogP contribution in [0, 0.1) is 23.0 Å². The number of ether oxygens (including phenoxy) is 3. The van der Waals surface area contributed by atoms with Gasteiger partial charge in [-0.3, -0.25) is 5.32 Å². The SMILES string of the molecule is C[C@@H]1CN(c2nc(OC[C@@H]3CCCN3C)nc3c(F)c(-c4ccc(F)c5sc(NC(=O)OC(C)(C)C)c(C#N)c45)c(C(F)(F)F)cc23)[C@@H](C)CN1C(=O)OC(C)(C)C. The highest BCUT2D eigenvalue weighted by molar-refractivity contribution is 7.23. The van der Waals surface area contributed by atoms with Crippen molar-refractivity contribution < 1.29 is 45.8 Å². The first-order valence-corrected chi connectivity index (χ1v) is 19.6. The molecule has 12 nitrogen and oxygen atoms in total. The van der Waals surface area contributed by atoms with Crippen LogP contribution in [-0.2, 0) is 15.7 Å². The molecule has 2 aromatic heterocycles. The Labute approximate surface area is 336 Å². The zero-order chi connectivity index (χ0) is 42.6. The molecular weight excluding hydrogens is 786 g/mol. The first kappa shape index (κ1) is 42.6. The third-order valence-corrected chi connectivity index (χ3v) is 11.1. The van der Waals surface area contributed by atoms with E-state index in [4.69, 9.17) is 14.2 Å². The first-order valence-electron chi connectivity index (χ1n) is 18.8. The van der Waals surface area contributed by atoms with Crippen LogP contribution in [0.2, 0.25) is 0 Å². The van der Waals surface area contributed by atoms with Crippen molar-refractivity contribution in [3.8, 4) is 23.2 Å². The number of rotatable bonds is 6. The number of thiophene rings is 1. The number of halogens is 5. The topological polar surface area (TPSA) is 133 Å². The van der Waals surface area contributed by atoms with Gasteiger partial charge in [0.15, 0.2) is 5.82 Å². The molecule has 0 bridgehead atoms. The first-order chi connectivity index (χ1) is 27.0. The zero-order valence-electron chi connectivity index (χ0n) is 33.7. The lowest BCUT2D eigenvalue weighted by Gasteiger charge is -2.45. The number of nitriles is 1. The number of likely N-dealkylation sites (tertiary alicyclic amines) is 1. The second-order valence-corrected chi connectivity index (χ2v) is 17.8. The fourth-order valence-corrected chi connectivity index (χ4v) is 8.36. The van der Waals surface area contributed by atoms with Crippen LogP contribution in [0.3, 0.4) is 0 Å². The molecular formula is C40H46F5N7O5S. The van der Waals surface area contributed by atoms with Gasteiger partial charge in [-0.25, -0.2) is 18.4 Å². The lowest BCUT2D eigenvalue weighted by molar-refractivity contribution is -0.137.